The first-order valence-corrected chi connectivity index (χ1v) is 5.07. The van der Waals surface area contributed by atoms with E-state index < -0.39 is 5.95 Å². The number of aromatic hydroxyl groups is 1. The average molecular weight is 228 g/mol. The van der Waals surface area contributed by atoms with E-state index in [0.717, 1.165) is 5.39 Å². The van der Waals surface area contributed by atoms with E-state index in [0.29, 0.717) is 16.9 Å². The van der Waals surface area contributed by atoms with E-state index in [-0.39, 0.29) is 5.75 Å². The molecule has 0 bridgehead atoms. The Kier molecular flexibility index (Phi) is 2.08. The summed E-state index contributed by atoms with van der Waals surface area (Å²) in [6.45, 7) is 0. The van der Waals surface area contributed by atoms with Crippen LogP contribution in [0.2, 0.25) is 0 Å². The summed E-state index contributed by atoms with van der Waals surface area (Å²) in [7, 11) is 0. The molecule has 17 heavy (non-hydrogen) atoms. The Balaban J connectivity index is 2.18. The van der Waals surface area contributed by atoms with Crippen molar-refractivity contribution in [2.45, 2.75) is 0 Å². The lowest BCUT2D eigenvalue weighted by molar-refractivity contribution is 0.474. The maximum Gasteiger partial charge on any atom is 0.213 e. The van der Waals surface area contributed by atoms with Crippen LogP contribution in [-0.2, 0) is 0 Å². The first-order valence-electron chi connectivity index (χ1n) is 5.07. The highest BCUT2D eigenvalue weighted by Gasteiger charge is 2.07. The second kappa shape index (κ2) is 3.59. The van der Waals surface area contributed by atoms with Gasteiger partial charge in [-0.1, -0.05) is 0 Å². The molecule has 1 aromatic carbocycles. The van der Waals surface area contributed by atoms with E-state index in [2.05, 4.69) is 4.98 Å². The van der Waals surface area contributed by atoms with Gasteiger partial charge in [-0.05, 0) is 24.3 Å². The first-order chi connectivity index (χ1) is 8.22. The Hall–Kier alpha value is -2.36. The number of halogens is 1. The van der Waals surface area contributed by atoms with Gasteiger partial charge in [0, 0.05) is 29.3 Å². The third-order valence-corrected chi connectivity index (χ3v) is 2.51. The van der Waals surface area contributed by atoms with E-state index >= 15 is 0 Å². The summed E-state index contributed by atoms with van der Waals surface area (Å²) in [6, 6.07) is 9.61. The van der Waals surface area contributed by atoms with Gasteiger partial charge in [-0.3, -0.25) is 0 Å². The molecule has 2 heterocycles. The number of nitrogens with zero attached hydrogens (tertiary/aromatic N) is 1. The average Bonchev–Trinajstić information content (AvgIpc) is 2.72. The molecule has 0 fully saturated rings. The number of hydrogen-bond acceptors (Lipinski definition) is 3. The Morgan fingerprint density at radius 3 is 2.82 bits per heavy atom. The van der Waals surface area contributed by atoms with Gasteiger partial charge in [-0.15, -0.1) is 0 Å². The SMILES string of the molecule is Oc1ccc2cc(-c3ccnc([18F])c3)oc2c1. The van der Waals surface area contributed by atoms with Gasteiger partial charge in [-0.2, -0.15) is 4.39 Å². The molecule has 3 nitrogen and oxygen atoms in total. The van der Waals surface area contributed by atoms with Gasteiger partial charge >= 0.3 is 0 Å². The molecule has 0 saturated carbocycles. The standard InChI is InChI=1S/C13H8FNO2/c14-13-6-9(3-4-15-13)11-5-8-1-2-10(16)7-12(8)17-11/h1-7,16H/i14-1. The van der Waals surface area contributed by atoms with E-state index in [1.165, 1.54) is 18.3 Å². The maximum absolute atomic E-state index is 13.0. The van der Waals surface area contributed by atoms with Crippen molar-refractivity contribution in [3.63, 3.8) is 0 Å². The van der Waals surface area contributed by atoms with E-state index in [4.69, 9.17) is 4.42 Å². The Morgan fingerprint density at radius 2 is 2.00 bits per heavy atom. The van der Waals surface area contributed by atoms with Crippen LogP contribution in [0.15, 0.2) is 47.0 Å². The molecule has 4 heteroatoms. The normalized spacial score (nSPS) is 10.9. The summed E-state index contributed by atoms with van der Waals surface area (Å²) in [5.41, 5.74) is 1.19. The smallest absolute Gasteiger partial charge is 0.213 e. The molecule has 0 amide bonds. The van der Waals surface area contributed by atoms with Gasteiger partial charge in [-0.25, -0.2) is 4.98 Å². The van der Waals surface area contributed by atoms with Crippen molar-refractivity contribution < 1.29 is 13.9 Å². The van der Waals surface area contributed by atoms with Crippen molar-refractivity contribution in [2.24, 2.45) is 0 Å². The Morgan fingerprint density at radius 1 is 1.12 bits per heavy atom. The first kappa shape index (κ1) is 9.84. The molecular weight excluding hydrogens is 220 g/mol. The number of aromatic nitrogens is 1. The fourth-order valence-electron chi connectivity index (χ4n) is 1.72. The summed E-state index contributed by atoms with van der Waals surface area (Å²) in [4.78, 5) is 3.49. The number of benzene rings is 1. The molecule has 0 aliphatic rings. The number of phenols is 1. The van der Waals surface area contributed by atoms with Crippen molar-refractivity contribution in [3.05, 3.63) is 48.5 Å². The zero-order valence-corrected chi connectivity index (χ0v) is 8.72. The van der Waals surface area contributed by atoms with Gasteiger partial charge in [0.25, 0.3) is 0 Å². The van der Waals surface area contributed by atoms with Crippen LogP contribution in [0, 0.1) is 5.95 Å². The van der Waals surface area contributed by atoms with Gasteiger partial charge in [0.2, 0.25) is 5.95 Å². The van der Waals surface area contributed by atoms with Crippen LogP contribution in [0.3, 0.4) is 0 Å². The predicted molar refractivity (Wildman–Crippen MR) is 61.1 cm³/mol. The monoisotopic (exact) mass is 228 g/mol. The third kappa shape index (κ3) is 1.73. The lowest BCUT2D eigenvalue weighted by Gasteiger charge is -1.94. The highest BCUT2D eigenvalue weighted by molar-refractivity contribution is 5.83. The minimum Gasteiger partial charge on any atom is -0.508 e. The van der Waals surface area contributed by atoms with Crippen molar-refractivity contribution >= 4 is 11.0 Å². The molecule has 0 saturated heterocycles. The zero-order valence-electron chi connectivity index (χ0n) is 8.72. The largest absolute Gasteiger partial charge is 0.508 e. The van der Waals surface area contributed by atoms with Gasteiger partial charge in [0.15, 0.2) is 0 Å². The minimum absolute atomic E-state index is 0.138. The minimum atomic E-state index is -0.550. The highest BCUT2D eigenvalue weighted by atomic mass is 18.2. The summed E-state index contributed by atoms with van der Waals surface area (Å²) >= 11 is 0. The van der Waals surface area contributed by atoms with Crippen LogP contribution in [0.4, 0.5) is 4.39 Å². The van der Waals surface area contributed by atoms with Crippen molar-refractivity contribution in [3.8, 4) is 17.1 Å². The third-order valence-electron chi connectivity index (χ3n) is 2.51. The van der Waals surface area contributed by atoms with Gasteiger partial charge in [0.1, 0.15) is 17.1 Å². The number of hydrogen-bond donors (Lipinski definition) is 1. The number of pyridine rings is 1. The lowest BCUT2D eigenvalue weighted by Crippen LogP contribution is -1.81. The molecule has 0 spiro atoms. The van der Waals surface area contributed by atoms with E-state index in [1.807, 2.05) is 0 Å². The quantitative estimate of drug-likeness (QED) is 0.650. The molecule has 2 aromatic heterocycles. The van der Waals surface area contributed by atoms with E-state index in [9.17, 15) is 9.50 Å². The van der Waals surface area contributed by atoms with Crippen molar-refractivity contribution in [1.82, 2.24) is 4.98 Å². The van der Waals surface area contributed by atoms with Crippen LogP contribution in [0.5, 0.6) is 5.75 Å². The maximum atomic E-state index is 13.0. The zero-order chi connectivity index (χ0) is 11.8. The summed E-state index contributed by atoms with van der Waals surface area (Å²) in [6.07, 6.45) is 1.38. The molecule has 0 unspecified atom stereocenters. The number of rotatable bonds is 1. The lowest BCUT2D eigenvalue weighted by atomic mass is 10.2. The number of furan rings is 1. The molecule has 0 atom stereocenters. The fourth-order valence-corrected chi connectivity index (χ4v) is 1.72. The predicted octanol–water partition coefficient (Wildman–Crippen LogP) is 3.34. The van der Waals surface area contributed by atoms with Crippen LogP contribution < -0.4 is 0 Å². The topological polar surface area (TPSA) is 46.3 Å². The van der Waals surface area contributed by atoms with Crippen LogP contribution in [0.25, 0.3) is 22.3 Å². The summed E-state index contributed by atoms with van der Waals surface area (Å²) in [5.74, 6) is 0.136. The molecule has 0 aliphatic carbocycles. The second-order valence-electron chi connectivity index (χ2n) is 3.70. The molecule has 84 valence electrons. The Labute approximate surface area is 96.1 Å². The molecule has 0 aliphatic heterocycles. The molecule has 3 aromatic rings. The van der Waals surface area contributed by atoms with Crippen LogP contribution in [0.1, 0.15) is 0 Å². The summed E-state index contributed by atoms with van der Waals surface area (Å²) < 4.78 is 18.5. The van der Waals surface area contributed by atoms with E-state index in [1.54, 1.807) is 24.3 Å². The van der Waals surface area contributed by atoms with Gasteiger partial charge in [0.05, 0.1) is 0 Å². The van der Waals surface area contributed by atoms with Gasteiger partial charge < -0.3 is 9.52 Å². The number of phenolic OH excluding ortho intramolecular Hbond substituents is 1. The molecule has 3 rings (SSSR count). The second-order valence-corrected chi connectivity index (χ2v) is 3.70. The molecular formula is C13H8FNO2. The Bertz CT molecular complexity index is 691. The van der Waals surface area contributed by atoms with Crippen molar-refractivity contribution in [2.75, 3.05) is 0 Å². The summed E-state index contributed by atoms with van der Waals surface area (Å²) in [5, 5.41) is 10.2. The molecule has 0 radical (unpaired) electrons. The van der Waals surface area contributed by atoms with Crippen molar-refractivity contribution in [1.29, 1.82) is 0 Å². The fraction of sp³-hybridized carbons (Fsp3) is 0. The highest BCUT2D eigenvalue weighted by Crippen LogP contribution is 2.29. The van der Waals surface area contributed by atoms with Crippen LogP contribution in [-0.4, -0.2) is 10.1 Å². The number of fused-ring (bicyclic) bond motifs is 1. The molecule has 1 N–H and O–H groups in total. The van der Waals surface area contributed by atoms with Crippen LogP contribution >= 0.6 is 0 Å².